The zero-order valence-corrected chi connectivity index (χ0v) is 19.5. The molecule has 7 nitrogen and oxygen atoms in total. The molecule has 3 rings (SSSR count). The highest BCUT2D eigenvalue weighted by atomic mass is 32.2. The Morgan fingerprint density at radius 3 is 2.45 bits per heavy atom. The number of rotatable bonds is 9. The standard InChI is InChI=1S/C22H28F3N5O2S/c1-3-29-9-11-30(12-10-29)19-14-18(22(23,24)25)27-21(28-19)33-15-16-4-6-17(7-5-16)20(31)26-8-13-32-2/h4-7,14H,3,8-13,15H2,1-2H3,(H,26,31). The van der Waals surface area contributed by atoms with Crippen LogP contribution in [-0.4, -0.2) is 73.8 Å². The summed E-state index contributed by atoms with van der Waals surface area (Å²) in [6, 6.07) is 7.95. The summed E-state index contributed by atoms with van der Waals surface area (Å²) in [5.74, 6) is 0.481. The van der Waals surface area contributed by atoms with Crippen molar-refractivity contribution < 1.29 is 22.7 Å². The summed E-state index contributed by atoms with van der Waals surface area (Å²) >= 11 is 1.14. The first-order valence-corrected chi connectivity index (χ1v) is 11.7. The van der Waals surface area contributed by atoms with Crippen molar-refractivity contribution >= 4 is 23.5 Å². The number of methoxy groups -OCH3 is 1. The van der Waals surface area contributed by atoms with E-state index in [9.17, 15) is 18.0 Å². The lowest BCUT2D eigenvalue weighted by atomic mass is 10.1. The third kappa shape index (κ3) is 7.31. The quantitative estimate of drug-likeness (QED) is 0.333. The minimum atomic E-state index is -4.55. The zero-order valence-electron chi connectivity index (χ0n) is 18.7. The monoisotopic (exact) mass is 483 g/mol. The number of carbonyl (C=O) groups excluding carboxylic acids is 1. The van der Waals surface area contributed by atoms with Crippen LogP contribution in [0.15, 0.2) is 35.5 Å². The Hall–Kier alpha value is -2.37. The number of ether oxygens (including phenoxy) is 1. The van der Waals surface area contributed by atoms with E-state index in [2.05, 4.69) is 27.1 Å². The van der Waals surface area contributed by atoms with Crippen LogP contribution >= 0.6 is 11.8 Å². The second-order valence-electron chi connectivity index (χ2n) is 7.55. The van der Waals surface area contributed by atoms with Crippen LogP contribution in [0.2, 0.25) is 0 Å². The molecule has 0 atom stereocenters. The third-order valence-electron chi connectivity index (χ3n) is 5.30. The average Bonchev–Trinajstić information content (AvgIpc) is 2.82. The summed E-state index contributed by atoms with van der Waals surface area (Å²) in [6.07, 6.45) is -4.55. The van der Waals surface area contributed by atoms with Crippen LogP contribution in [0, 0.1) is 0 Å². The first-order valence-electron chi connectivity index (χ1n) is 10.7. The lowest BCUT2D eigenvalue weighted by molar-refractivity contribution is -0.141. The van der Waals surface area contributed by atoms with E-state index in [0.29, 0.717) is 43.4 Å². The molecular weight excluding hydrogens is 455 g/mol. The number of nitrogens with one attached hydrogen (secondary N) is 1. The molecule has 1 aromatic carbocycles. The predicted molar refractivity (Wildman–Crippen MR) is 122 cm³/mol. The molecule has 0 radical (unpaired) electrons. The van der Waals surface area contributed by atoms with Crippen LogP contribution in [0.1, 0.15) is 28.5 Å². The van der Waals surface area contributed by atoms with Crippen LogP contribution in [0.5, 0.6) is 0 Å². The van der Waals surface area contributed by atoms with Crippen molar-refractivity contribution in [2.75, 3.05) is 57.9 Å². The van der Waals surface area contributed by atoms with Crippen molar-refractivity contribution in [3.05, 3.63) is 47.2 Å². The Balaban J connectivity index is 1.68. The van der Waals surface area contributed by atoms with Crippen molar-refractivity contribution in [2.45, 2.75) is 24.0 Å². The van der Waals surface area contributed by atoms with Gasteiger partial charge in [-0.3, -0.25) is 4.79 Å². The predicted octanol–water partition coefficient (Wildman–Crippen LogP) is 3.31. The molecule has 180 valence electrons. The molecule has 2 heterocycles. The molecule has 11 heteroatoms. The number of halogens is 3. The number of anilines is 1. The second-order valence-corrected chi connectivity index (χ2v) is 8.49. The van der Waals surface area contributed by atoms with E-state index in [1.54, 1.807) is 31.4 Å². The zero-order chi connectivity index (χ0) is 23.8. The van der Waals surface area contributed by atoms with E-state index in [-0.39, 0.29) is 11.1 Å². The minimum absolute atomic E-state index is 0.0825. The topological polar surface area (TPSA) is 70.6 Å². The number of likely N-dealkylation sites (N-methyl/N-ethyl adjacent to an activating group) is 1. The van der Waals surface area contributed by atoms with E-state index in [0.717, 1.165) is 43.0 Å². The number of hydrogen-bond acceptors (Lipinski definition) is 7. The van der Waals surface area contributed by atoms with Gasteiger partial charge >= 0.3 is 6.18 Å². The summed E-state index contributed by atoms with van der Waals surface area (Å²) < 4.78 is 45.3. The van der Waals surface area contributed by atoms with Crippen LogP contribution < -0.4 is 10.2 Å². The van der Waals surface area contributed by atoms with E-state index >= 15 is 0 Å². The van der Waals surface area contributed by atoms with E-state index < -0.39 is 11.9 Å². The van der Waals surface area contributed by atoms with Gasteiger partial charge in [0.05, 0.1) is 6.61 Å². The number of carbonyl (C=O) groups is 1. The Labute approximate surface area is 195 Å². The molecule has 0 saturated carbocycles. The molecule has 1 fully saturated rings. The van der Waals surface area contributed by atoms with Crippen molar-refractivity contribution in [3.63, 3.8) is 0 Å². The number of piperazine rings is 1. The Morgan fingerprint density at radius 1 is 1.15 bits per heavy atom. The largest absolute Gasteiger partial charge is 0.433 e. The maximum absolute atomic E-state index is 13.5. The highest BCUT2D eigenvalue weighted by Crippen LogP contribution is 2.32. The number of aromatic nitrogens is 2. The van der Waals surface area contributed by atoms with Crippen LogP contribution in [-0.2, 0) is 16.7 Å². The number of amides is 1. The Kier molecular flexibility index (Phi) is 8.93. The van der Waals surface area contributed by atoms with Crippen molar-refractivity contribution in [3.8, 4) is 0 Å². The number of nitrogens with zero attached hydrogens (tertiary/aromatic N) is 4. The minimum Gasteiger partial charge on any atom is -0.383 e. The maximum atomic E-state index is 13.5. The second kappa shape index (κ2) is 11.7. The molecule has 33 heavy (non-hydrogen) atoms. The van der Waals surface area contributed by atoms with E-state index in [1.165, 1.54) is 0 Å². The summed E-state index contributed by atoms with van der Waals surface area (Å²) in [7, 11) is 1.56. The van der Waals surface area contributed by atoms with Gasteiger partial charge in [-0.05, 0) is 24.2 Å². The van der Waals surface area contributed by atoms with Crippen molar-refractivity contribution in [1.82, 2.24) is 20.2 Å². The lowest BCUT2D eigenvalue weighted by Crippen LogP contribution is -2.46. The van der Waals surface area contributed by atoms with Gasteiger partial charge in [0.2, 0.25) is 0 Å². The molecule has 2 aromatic rings. The molecule has 1 aromatic heterocycles. The number of thioether (sulfide) groups is 1. The fourth-order valence-corrected chi connectivity index (χ4v) is 4.16. The fourth-order valence-electron chi connectivity index (χ4n) is 3.35. The van der Waals surface area contributed by atoms with Gasteiger partial charge in [-0.25, -0.2) is 9.97 Å². The van der Waals surface area contributed by atoms with Gasteiger partial charge in [-0.1, -0.05) is 30.8 Å². The first kappa shape index (κ1) is 25.3. The molecular formula is C22H28F3N5O2S. The van der Waals surface area contributed by atoms with Crippen molar-refractivity contribution in [1.29, 1.82) is 0 Å². The maximum Gasteiger partial charge on any atom is 0.433 e. The van der Waals surface area contributed by atoms with Gasteiger partial charge < -0.3 is 19.9 Å². The molecule has 1 aliphatic heterocycles. The van der Waals surface area contributed by atoms with Crippen LogP contribution in [0.3, 0.4) is 0 Å². The molecule has 0 unspecified atom stereocenters. The molecule has 1 aliphatic rings. The summed E-state index contributed by atoms with van der Waals surface area (Å²) in [5.41, 5.74) is 0.423. The summed E-state index contributed by atoms with van der Waals surface area (Å²) in [4.78, 5) is 24.3. The van der Waals surface area contributed by atoms with Crippen molar-refractivity contribution in [2.24, 2.45) is 0 Å². The van der Waals surface area contributed by atoms with Gasteiger partial charge in [0.1, 0.15) is 5.82 Å². The van der Waals surface area contributed by atoms with Gasteiger partial charge in [-0.15, -0.1) is 0 Å². The summed E-state index contributed by atoms with van der Waals surface area (Å²) in [6.45, 7) is 6.65. The van der Waals surface area contributed by atoms with Crippen LogP contribution in [0.25, 0.3) is 0 Å². The lowest BCUT2D eigenvalue weighted by Gasteiger charge is -2.35. The van der Waals surface area contributed by atoms with Gasteiger partial charge in [0.15, 0.2) is 10.9 Å². The van der Waals surface area contributed by atoms with Crippen LogP contribution in [0.4, 0.5) is 19.0 Å². The highest BCUT2D eigenvalue weighted by molar-refractivity contribution is 7.98. The third-order valence-corrected chi connectivity index (χ3v) is 6.22. The number of hydrogen-bond donors (Lipinski definition) is 1. The fraction of sp³-hybridized carbons (Fsp3) is 0.500. The number of alkyl halides is 3. The average molecular weight is 484 g/mol. The highest BCUT2D eigenvalue weighted by Gasteiger charge is 2.34. The summed E-state index contributed by atoms with van der Waals surface area (Å²) in [5, 5.41) is 2.82. The van der Waals surface area contributed by atoms with Gasteiger partial charge in [0, 0.05) is 57.2 Å². The SMILES string of the molecule is CCN1CCN(c2cc(C(F)(F)F)nc(SCc3ccc(C(=O)NCCOC)cc3)n2)CC1. The van der Waals surface area contributed by atoms with Gasteiger partial charge in [-0.2, -0.15) is 13.2 Å². The molecule has 0 aliphatic carbocycles. The molecule has 0 spiro atoms. The molecule has 0 bridgehead atoms. The smallest absolute Gasteiger partial charge is 0.383 e. The number of benzene rings is 1. The molecule has 1 N–H and O–H groups in total. The van der Waals surface area contributed by atoms with E-state index in [4.69, 9.17) is 4.74 Å². The van der Waals surface area contributed by atoms with E-state index in [1.807, 2.05) is 4.90 Å². The molecule has 1 saturated heterocycles. The Bertz CT molecular complexity index is 919. The molecule has 1 amide bonds. The first-order chi connectivity index (χ1) is 15.8. The van der Waals surface area contributed by atoms with Gasteiger partial charge in [0.25, 0.3) is 5.91 Å². The Morgan fingerprint density at radius 2 is 1.85 bits per heavy atom. The normalized spacial score (nSPS) is 15.0.